The monoisotopic (exact) mass is 469 g/mol. The molecule has 1 aliphatic rings. The molecule has 0 aliphatic carbocycles. The lowest BCUT2D eigenvalue weighted by atomic mass is 10.0. The molecule has 1 amide bonds. The molecule has 0 saturated carbocycles. The zero-order chi connectivity index (χ0) is 20.5. The molecule has 1 aromatic heterocycles. The third-order valence-corrected chi connectivity index (χ3v) is 5.67. The molecular weight excluding hydrogens is 445 g/mol. The van der Waals surface area contributed by atoms with E-state index in [-0.39, 0.29) is 30.7 Å². The fourth-order valence-electron chi connectivity index (χ4n) is 4.15. The first-order valence-electron chi connectivity index (χ1n) is 10.1. The van der Waals surface area contributed by atoms with Gasteiger partial charge in [0.1, 0.15) is 0 Å². The molecule has 166 valence electrons. The predicted molar refractivity (Wildman–Crippen MR) is 134 cm³/mol. The van der Waals surface area contributed by atoms with Gasteiger partial charge >= 0.3 is 0 Å². The quantitative estimate of drug-likeness (QED) is 0.428. The largest absolute Gasteiger partial charge is 0.399 e. The molecule has 0 radical (unpaired) electrons. The highest BCUT2D eigenvalue weighted by molar-refractivity contribution is 6.07. The van der Waals surface area contributed by atoms with Crippen LogP contribution in [0.3, 0.4) is 0 Å². The van der Waals surface area contributed by atoms with Crippen LogP contribution in [0.2, 0.25) is 0 Å². The molecule has 0 unspecified atom stereocenters. The van der Waals surface area contributed by atoms with Crippen LogP contribution in [0.5, 0.6) is 0 Å². The maximum atomic E-state index is 13.5. The van der Waals surface area contributed by atoms with E-state index in [1.165, 1.54) is 0 Å². The summed E-state index contributed by atoms with van der Waals surface area (Å²) in [5.74, 6) is 0.0537. The van der Waals surface area contributed by atoms with Gasteiger partial charge in [0.15, 0.2) is 0 Å². The second-order valence-electron chi connectivity index (χ2n) is 7.64. The van der Waals surface area contributed by atoms with E-state index in [1.807, 2.05) is 71.8 Å². The Morgan fingerprint density at radius 3 is 2.66 bits per heavy atom. The molecule has 3 N–H and O–H groups in total. The number of anilines is 2. The summed E-state index contributed by atoms with van der Waals surface area (Å²) in [6, 6.07) is 19.9. The van der Waals surface area contributed by atoms with Gasteiger partial charge in [-0.2, -0.15) is 0 Å². The Bertz CT molecular complexity index is 1210. The van der Waals surface area contributed by atoms with Crippen molar-refractivity contribution in [3.63, 3.8) is 0 Å². The van der Waals surface area contributed by atoms with Crippen LogP contribution in [0.1, 0.15) is 21.6 Å². The molecule has 0 fully saturated rings. The van der Waals surface area contributed by atoms with E-state index in [1.54, 1.807) is 6.33 Å². The Balaban J connectivity index is 0.00000144. The van der Waals surface area contributed by atoms with Gasteiger partial charge < -0.3 is 20.5 Å². The van der Waals surface area contributed by atoms with Crippen LogP contribution in [-0.2, 0) is 13.1 Å². The lowest BCUT2D eigenvalue weighted by Crippen LogP contribution is -2.35. The summed E-state index contributed by atoms with van der Waals surface area (Å²) in [5.41, 5.74) is 10.7. The second-order valence-corrected chi connectivity index (χ2v) is 7.64. The number of H-pyrrole nitrogens is 1. The number of amides is 1. The lowest BCUT2D eigenvalue weighted by molar-refractivity contribution is 0.0753. The first-order chi connectivity index (χ1) is 14.7. The van der Waals surface area contributed by atoms with Crippen LogP contribution < -0.4 is 10.6 Å². The number of nitrogens with zero attached hydrogens (tertiary/aromatic N) is 3. The normalized spacial score (nSPS) is 13.0. The van der Waals surface area contributed by atoms with Crippen molar-refractivity contribution < 1.29 is 4.79 Å². The van der Waals surface area contributed by atoms with Crippen molar-refractivity contribution in [3.8, 4) is 0 Å². The second kappa shape index (κ2) is 9.94. The van der Waals surface area contributed by atoms with E-state index in [0.717, 1.165) is 39.0 Å². The van der Waals surface area contributed by atoms with Crippen LogP contribution in [0.25, 0.3) is 10.8 Å². The highest BCUT2D eigenvalue weighted by Crippen LogP contribution is 2.30. The summed E-state index contributed by atoms with van der Waals surface area (Å²) in [6.07, 6.45) is 3.51. The van der Waals surface area contributed by atoms with E-state index in [0.29, 0.717) is 26.2 Å². The van der Waals surface area contributed by atoms with Gasteiger partial charge in [0, 0.05) is 42.8 Å². The molecule has 8 heteroatoms. The van der Waals surface area contributed by atoms with Crippen molar-refractivity contribution in [2.45, 2.75) is 13.1 Å². The Morgan fingerprint density at radius 2 is 1.84 bits per heavy atom. The van der Waals surface area contributed by atoms with Crippen LogP contribution in [0.15, 0.2) is 73.2 Å². The van der Waals surface area contributed by atoms with Crippen molar-refractivity contribution in [1.29, 1.82) is 0 Å². The van der Waals surface area contributed by atoms with E-state index < -0.39 is 0 Å². The van der Waals surface area contributed by atoms with Gasteiger partial charge in [-0.15, -0.1) is 24.8 Å². The maximum Gasteiger partial charge on any atom is 0.254 e. The molecule has 32 heavy (non-hydrogen) atoms. The smallest absolute Gasteiger partial charge is 0.254 e. The summed E-state index contributed by atoms with van der Waals surface area (Å²) < 4.78 is 0. The minimum absolute atomic E-state index is 0. The van der Waals surface area contributed by atoms with Gasteiger partial charge in [-0.1, -0.05) is 42.5 Å². The average Bonchev–Trinajstić information content (AvgIpc) is 3.22. The first kappa shape index (κ1) is 23.4. The highest BCUT2D eigenvalue weighted by Gasteiger charge is 2.25. The third kappa shape index (κ3) is 4.52. The number of hydrogen-bond donors (Lipinski definition) is 2. The van der Waals surface area contributed by atoms with Crippen LogP contribution in [0, 0.1) is 0 Å². The number of nitrogens with two attached hydrogens (primary N) is 1. The fourth-order valence-corrected chi connectivity index (χ4v) is 4.15. The lowest BCUT2D eigenvalue weighted by Gasteiger charge is -2.24. The minimum Gasteiger partial charge on any atom is -0.399 e. The third-order valence-electron chi connectivity index (χ3n) is 5.67. The number of imidazole rings is 1. The molecule has 2 heterocycles. The number of nitrogen functional groups attached to an aromatic ring is 1. The van der Waals surface area contributed by atoms with Gasteiger partial charge in [0.25, 0.3) is 5.91 Å². The molecule has 0 saturated heterocycles. The number of aromatic amines is 1. The molecule has 6 nitrogen and oxygen atoms in total. The van der Waals surface area contributed by atoms with E-state index >= 15 is 0 Å². The zero-order valence-corrected chi connectivity index (χ0v) is 19.0. The molecule has 0 bridgehead atoms. The SMILES string of the molecule is Cl.Cl.Nc1ccc2c(c1)N(Cc1cnc[nH]1)CCN(C(=O)c1cccc3ccccc13)C2. The van der Waals surface area contributed by atoms with Crippen LogP contribution >= 0.6 is 24.8 Å². The zero-order valence-electron chi connectivity index (χ0n) is 17.4. The number of aromatic nitrogens is 2. The van der Waals surface area contributed by atoms with E-state index in [9.17, 15) is 4.79 Å². The van der Waals surface area contributed by atoms with Crippen LogP contribution in [0.4, 0.5) is 11.4 Å². The molecule has 0 spiro atoms. The molecule has 4 aromatic rings. The number of carbonyl (C=O) groups is 1. The standard InChI is InChI=1S/C24H23N5O.2ClH/c25-19-9-8-18-14-29(11-10-28(23(18)12-19)15-20-13-26-16-27-20)24(30)22-7-3-5-17-4-1-2-6-21(17)22;;/h1-9,12-13,16H,10-11,14-15,25H2,(H,26,27);2*1H. The van der Waals surface area contributed by atoms with Gasteiger partial charge in [-0.05, 0) is 34.5 Å². The summed E-state index contributed by atoms with van der Waals surface area (Å²) >= 11 is 0. The van der Waals surface area contributed by atoms with Gasteiger partial charge in [0.2, 0.25) is 0 Å². The predicted octanol–water partition coefficient (Wildman–Crippen LogP) is 4.65. The average molecular weight is 470 g/mol. The summed E-state index contributed by atoms with van der Waals surface area (Å²) in [5, 5.41) is 2.06. The molecular formula is C24H25Cl2N5O. The van der Waals surface area contributed by atoms with Crippen molar-refractivity contribution in [2.75, 3.05) is 23.7 Å². The summed E-state index contributed by atoms with van der Waals surface area (Å²) in [7, 11) is 0. The molecule has 1 aliphatic heterocycles. The Morgan fingerprint density at radius 1 is 1.03 bits per heavy atom. The van der Waals surface area contributed by atoms with Crippen LogP contribution in [-0.4, -0.2) is 33.9 Å². The Hall–Kier alpha value is -3.22. The number of hydrogen-bond acceptors (Lipinski definition) is 4. The molecule has 0 atom stereocenters. The van der Waals surface area contributed by atoms with Gasteiger partial charge in [-0.25, -0.2) is 4.98 Å². The molecule has 3 aromatic carbocycles. The molecule has 5 rings (SSSR count). The Labute approximate surface area is 199 Å². The van der Waals surface area contributed by atoms with E-state index in [2.05, 4.69) is 14.9 Å². The van der Waals surface area contributed by atoms with Crippen molar-refractivity contribution >= 4 is 52.9 Å². The number of carbonyl (C=O) groups excluding carboxylic acids is 1. The number of rotatable bonds is 3. The first-order valence-corrected chi connectivity index (χ1v) is 10.1. The fraction of sp³-hybridized carbons (Fsp3) is 0.167. The van der Waals surface area contributed by atoms with Gasteiger partial charge in [0.05, 0.1) is 18.6 Å². The number of halogens is 2. The van der Waals surface area contributed by atoms with Gasteiger partial charge in [-0.3, -0.25) is 4.79 Å². The Kier molecular flexibility index (Phi) is 7.28. The maximum absolute atomic E-state index is 13.5. The summed E-state index contributed by atoms with van der Waals surface area (Å²) in [6.45, 7) is 2.58. The summed E-state index contributed by atoms with van der Waals surface area (Å²) in [4.78, 5) is 25.0. The van der Waals surface area contributed by atoms with Crippen molar-refractivity contribution in [1.82, 2.24) is 14.9 Å². The number of fused-ring (bicyclic) bond motifs is 2. The number of nitrogens with one attached hydrogen (secondary N) is 1. The van der Waals surface area contributed by atoms with Crippen molar-refractivity contribution in [2.24, 2.45) is 0 Å². The highest BCUT2D eigenvalue weighted by atomic mass is 35.5. The number of benzene rings is 3. The topological polar surface area (TPSA) is 78.2 Å². The minimum atomic E-state index is 0. The van der Waals surface area contributed by atoms with Crippen molar-refractivity contribution in [3.05, 3.63) is 90.0 Å². The van der Waals surface area contributed by atoms with E-state index in [4.69, 9.17) is 5.73 Å².